The summed E-state index contributed by atoms with van der Waals surface area (Å²) < 4.78 is 6.98. The molecule has 0 aliphatic heterocycles. The van der Waals surface area contributed by atoms with Crippen molar-refractivity contribution in [2.75, 3.05) is 5.73 Å². The number of rotatable bonds is 6. The molecule has 0 aliphatic rings. The van der Waals surface area contributed by atoms with Gasteiger partial charge in [-0.15, -0.1) is 10.2 Å². The average Bonchev–Trinajstić information content (AvgIpc) is 3.05. The van der Waals surface area contributed by atoms with E-state index in [1.54, 1.807) is 16.9 Å². The number of thioether (sulfide) groups is 1. The summed E-state index contributed by atoms with van der Waals surface area (Å²) >= 11 is 1.33. The van der Waals surface area contributed by atoms with E-state index < -0.39 is 0 Å². The van der Waals surface area contributed by atoms with E-state index in [-0.39, 0.29) is 17.2 Å². The molecule has 2 heterocycles. The fraction of sp³-hybridized carbons (Fsp3) is 0.462. The second-order valence-corrected chi connectivity index (χ2v) is 6.17. The van der Waals surface area contributed by atoms with Gasteiger partial charge in [-0.3, -0.25) is 9.36 Å². The van der Waals surface area contributed by atoms with Crippen LogP contribution in [0.3, 0.4) is 0 Å². The topological polar surface area (TPSA) is 99.0 Å². The lowest BCUT2D eigenvalue weighted by atomic mass is 10.4. The first kappa shape index (κ1) is 15.4. The van der Waals surface area contributed by atoms with Gasteiger partial charge in [0, 0.05) is 6.04 Å². The average molecular weight is 309 g/mol. The molecular weight excluding hydrogens is 290 g/mol. The van der Waals surface area contributed by atoms with Gasteiger partial charge >= 0.3 is 0 Å². The van der Waals surface area contributed by atoms with Crippen molar-refractivity contribution in [2.24, 2.45) is 0 Å². The zero-order valence-electron chi connectivity index (χ0n) is 12.2. The summed E-state index contributed by atoms with van der Waals surface area (Å²) in [5.74, 6) is 0.985. The maximum atomic E-state index is 12.1. The number of hydrogen-bond donors (Lipinski definition) is 2. The van der Waals surface area contributed by atoms with E-state index in [1.165, 1.54) is 11.8 Å². The van der Waals surface area contributed by atoms with Gasteiger partial charge in [0.1, 0.15) is 5.76 Å². The van der Waals surface area contributed by atoms with Crippen LogP contribution in [0.5, 0.6) is 0 Å². The molecule has 8 heteroatoms. The number of amides is 1. The first-order valence-corrected chi connectivity index (χ1v) is 7.54. The molecule has 2 aromatic rings. The summed E-state index contributed by atoms with van der Waals surface area (Å²) in [6, 6.07) is 3.74. The molecule has 114 valence electrons. The van der Waals surface area contributed by atoms with Crippen LogP contribution in [0.1, 0.15) is 32.6 Å². The molecule has 21 heavy (non-hydrogen) atoms. The number of carbonyl (C=O) groups excluding carboxylic acids is 1. The quantitative estimate of drug-likeness (QED) is 0.790. The Morgan fingerprint density at radius 3 is 2.86 bits per heavy atom. The molecule has 0 aliphatic carbocycles. The van der Waals surface area contributed by atoms with Crippen molar-refractivity contribution >= 4 is 23.6 Å². The van der Waals surface area contributed by atoms with Gasteiger partial charge < -0.3 is 15.5 Å². The highest BCUT2D eigenvalue weighted by Crippen LogP contribution is 2.26. The number of nitrogens with one attached hydrogen (secondary N) is 1. The minimum absolute atomic E-state index is 0.0896. The SMILES string of the molecule is CC(Sc1nnc(N)n1C(C)C)C(=O)NCc1ccco1. The van der Waals surface area contributed by atoms with Gasteiger partial charge in [0.25, 0.3) is 0 Å². The number of nitrogen functional groups attached to an aromatic ring is 1. The van der Waals surface area contributed by atoms with Crippen LogP contribution in [0.15, 0.2) is 28.0 Å². The Bertz CT molecular complexity index is 594. The Morgan fingerprint density at radius 1 is 1.48 bits per heavy atom. The highest BCUT2D eigenvalue weighted by atomic mass is 32.2. The van der Waals surface area contributed by atoms with Gasteiger partial charge in [0.15, 0.2) is 5.16 Å². The number of anilines is 1. The Hall–Kier alpha value is -1.96. The molecule has 1 atom stereocenters. The van der Waals surface area contributed by atoms with Crippen molar-refractivity contribution in [3.8, 4) is 0 Å². The molecule has 0 bridgehead atoms. The van der Waals surface area contributed by atoms with Crippen LogP contribution in [-0.4, -0.2) is 25.9 Å². The minimum Gasteiger partial charge on any atom is -0.467 e. The lowest BCUT2D eigenvalue weighted by molar-refractivity contribution is -0.120. The second kappa shape index (κ2) is 6.66. The molecule has 7 nitrogen and oxygen atoms in total. The molecule has 1 unspecified atom stereocenters. The Labute approximate surface area is 127 Å². The number of hydrogen-bond acceptors (Lipinski definition) is 6. The third-order valence-electron chi connectivity index (χ3n) is 2.88. The zero-order chi connectivity index (χ0) is 15.4. The first-order chi connectivity index (χ1) is 9.99. The molecule has 0 saturated heterocycles. The molecule has 0 radical (unpaired) electrons. The molecule has 1 amide bonds. The van der Waals surface area contributed by atoms with Gasteiger partial charge in [-0.25, -0.2) is 0 Å². The highest BCUT2D eigenvalue weighted by Gasteiger charge is 2.20. The van der Waals surface area contributed by atoms with Crippen LogP contribution in [0.2, 0.25) is 0 Å². The van der Waals surface area contributed by atoms with Gasteiger partial charge in [0.2, 0.25) is 11.9 Å². The number of carbonyl (C=O) groups is 1. The van der Waals surface area contributed by atoms with E-state index in [0.717, 1.165) is 5.76 Å². The van der Waals surface area contributed by atoms with Crippen LogP contribution >= 0.6 is 11.8 Å². The smallest absolute Gasteiger partial charge is 0.233 e. The number of furan rings is 1. The summed E-state index contributed by atoms with van der Waals surface area (Å²) in [5, 5.41) is 11.0. The van der Waals surface area contributed by atoms with Crippen molar-refractivity contribution in [1.82, 2.24) is 20.1 Å². The predicted molar refractivity (Wildman–Crippen MR) is 80.7 cm³/mol. The van der Waals surface area contributed by atoms with Crippen molar-refractivity contribution in [3.05, 3.63) is 24.2 Å². The van der Waals surface area contributed by atoms with Crippen molar-refractivity contribution in [2.45, 2.75) is 43.8 Å². The minimum atomic E-state index is -0.305. The molecule has 3 N–H and O–H groups in total. The predicted octanol–water partition coefficient (Wildman–Crippen LogP) is 1.83. The highest BCUT2D eigenvalue weighted by molar-refractivity contribution is 8.00. The maximum Gasteiger partial charge on any atom is 0.233 e. The van der Waals surface area contributed by atoms with E-state index in [4.69, 9.17) is 10.2 Å². The Kier molecular flexibility index (Phi) is 4.89. The number of aromatic nitrogens is 3. The monoisotopic (exact) mass is 309 g/mol. The van der Waals surface area contributed by atoms with Gasteiger partial charge in [-0.2, -0.15) is 0 Å². The van der Waals surface area contributed by atoms with E-state index in [0.29, 0.717) is 17.6 Å². The van der Waals surface area contributed by atoms with Crippen LogP contribution < -0.4 is 11.1 Å². The fourth-order valence-corrected chi connectivity index (χ4v) is 2.81. The zero-order valence-corrected chi connectivity index (χ0v) is 13.1. The van der Waals surface area contributed by atoms with Crippen molar-refractivity contribution < 1.29 is 9.21 Å². The lowest BCUT2D eigenvalue weighted by Crippen LogP contribution is -2.30. The van der Waals surface area contributed by atoms with E-state index >= 15 is 0 Å². The molecule has 0 aromatic carbocycles. The van der Waals surface area contributed by atoms with E-state index in [1.807, 2.05) is 26.8 Å². The molecule has 0 saturated carbocycles. The summed E-state index contributed by atoms with van der Waals surface area (Å²) in [6.45, 7) is 6.17. The largest absolute Gasteiger partial charge is 0.467 e. The number of nitrogens with two attached hydrogens (primary N) is 1. The summed E-state index contributed by atoms with van der Waals surface area (Å²) in [4.78, 5) is 12.1. The van der Waals surface area contributed by atoms with Gasteiger partial charge in [-0.05, 0) is 32.9 Å². The number of nitrogens with zero attached hydrogens (tertiary/aromatic N) is 3. The normalized spacial score (nSPS) is 12.6. The Balaban J connectivity index is 1.94. The van der Waals surface area contributed by atoms with Crippen molar-refractivity contribution in [3.63, 3.8) is 0 Å². The fourth-order valence-electron chi connectivity index (χ4n) is 1.80. The molecule has 0 fully saturated rings. The van der Waals surface area contributed by atoms with Crippen LogP contribution in [0, 0.1) is 0 Å². The second-order valence-electron chi connectivity index (χ2n) is 4.86. The Morgan fingerprint density at radius 2 is 2.24 bits per heavy atom. The van der Waals surface area contributed by atoms with Gasteiger partial charge in [0.05, 0.1) is 18.1 Å². The third-order valence-corrected chi connectivity index (χ3v) is 3.93. The van der Waals surface area contributed by atoms with Crippen molar-refractivity contribution in [1.29, 1.82) is 0 Å². The van der Waals surface area contributed by atoms with Crippen LogP contribution in [0.25, 0.3) is 0 Å². The summed E-state index contributed by atoms with van der Waals surface area (Å²) in [7, 11) is 0. The molecule has 2 rings (SSSR count). The van der Waals surface area contributed by atoms with Crippen LogP contribution in [-0.2, 0) is 11.3 Å². The molecule has 0 spiro atoms. The molecular formula is C13H19N5O2S. The maximum absolute atomic E-state index is 12.1. The first-order valence-electron chi connectivity index (χ1n) is 6.66. The molecule has 2 aromatic heterocycles. The summed E-state index contributed by atoms with van der Waals surface area (Å²) in [6.07, 6.45) is 1.58. The van der Waals surface area contributed by atoms with Crippen LogP contribution in [0.4, 0.5) is 5.95 Å². The lowest BCUT2D eigenvalue weighted by Gasteiger charge is -2.14. The summed E-state index contributed by atoms with van der Waals surface area (Å²) in [5.41, 5.74) is 5.78. The standard InChI is InChI=1S/C13H19N5O2S/c1-8(2)18-12(14)16-17-13(18)21-9(3)11(19)15-7-10-5-4-6-20-10/h4-6,8-9H,7H2,1-3H3,(H2,14,16)(H,15,19). The third kappa shape index (κ3) is 3.78. The van der Waals surface area contributed by atoms with E-state index in [9.17, 15) is 4.79 Å². The van der Waals surface area contributed by atoms with E-state index in [2.05, 4.69) is 15.5 Å². The van der Waals surface area contributed by atoms with Gasteiger partial charge in [-0.1, -0.05) is 11.8 Å².